The molecule has 2 aromatic carbocycles. The largest absolute Gasteiger partial charge is 0.507 e. The molecule has 0 aliphatic carbocycles. The Morgan fingerprint density at radius 1 is 1.23 bits per heavy atom. The predicted octanol–water partition coefficient (Wildman–Crippen LogP) is 4.84. The summed E-state index contributed by atoms with van der Waals surface area (Å²) < 4.78 is 2.98. The number of halogens is 1. The fourth-order valence-electron chi connectivity index (χ4n) is 2.39. The van der Waals surface area contributed by atoms with E-state index in [-0.39, 0.29) is 11.8 Å². The molecule has 0 unspecified atom stereocenters. The van der Waals surface area contributed by atoms with Crippen molar-refractivity contribution in [1.29, 1.82) is 0 Å². The van der Waals surface area contributed by atoms with Gasteiger partial charge in [0.2, 0.25) is 5.95 Å². The molecule has 1 aromatic heterocycles. The number of fused-ring (bicyclic) bond motifs is 1. The van der Waals surface area contributed by atoms with Crippen LogP contribution in [0.3, 0.4) is 0 Å². The van der Waals surface area contributed by atoms with Crippen LogP contribution in [0.15, 0.2) is 51.9 Å². The topological polar surface area (TPSA) is 50.4 Å². The second-order valence-electron chi connectivity index (χ2n) is 5.33. The molecule has 0 saturated heterocycles. The van der Waals surface area contributed by atoms with Gasteiger partial charge in [0.05, 0.1) is 11.0 Å². The fraction of sp³-hybridized carbons (Fsp3) is 0.176. The second kappa shape index (κ2) is 5.93. The number of hydrogen-bond donors (Lipinski definition) is 1. The zero-order valence-corrected chi connectivity index (χ0v) is 13.9. The molecule has 0 fully saturated rings. The molecule has 3 aromatic rings. The van der Waals surface area contributed by atoms with Crippen LogP contribution in [0.5, 0.6) is 5.75 Å². The zero-order valence-electron chi connectivity index (χ0n) is 12.4. The van der Waals surface area contributed by atoms with Gasteiger partial charge in [0.25, 0.3) is 0 Å². The van der Waals surface area contributed by atoms with Crippen molar-refractivity contribution in [1.82, 2.24) is 9.55 Å². The number of aliphatic imine (C=N–C) groups is 1. The van der Waals surface area contributed by atoms with Gasteiger partial charge in [-0.2, -0.15) is 0 Å². The van der Waals surface area contributed by atoms with Gasteiger partial charge in [0, 0.05) is 22.3 Å². The smallest absolute Gasteiger partial charge is 0.230 e. The van der Waals surface area contributed by atoms with E-state index >= 15 is 0 Å². The lowest BCUT2D eigenvalue weighted by Crippen LogP contribution is -1.99. The predicted molar refractivity (Wildman–Crippen MR) is 93.2 cm³/mol. The minimum Gasteiger partial charge on any atom is -0.507 e. The molecule has 0 saturated carbocycles. The highest BCUT2D eigenvalue weighted by Gasteiger charge is 2.11. The lowest BCUT2D eigenvalue weighted by atomic mass is 10.2. The van der Waals surface area contributed by atoms with Crippen molar-refractivity contribution in [2.45, 2.75) is 19.9 Å². The van der Waals surface area contributed by atoms with Gasteiger partial charge in [-0.05, 0) is 44.2 Å². The first kappa shape index (κ1) is 14.8. The Morgan fingerprint density at radius 2 is 2.00 bits per heavy atom. The average molecular weight is 358 g/mol. The number of rotatable bonds is 3. The third kappa shape index (κ3) is 2.76. The molecular formula is C17H16BrN3O. The highest BCUT2D eigenvalue weighted by Crippen LogP contribution is 2.27. The summed E-state index contributed by atoms with van der Waals surface area (Å²) in [6.07, 6.45) is 1.64. The summed E-state index contributed by atoms with van der Waals surface area (Å²) in [6.45, 7) is 4.20. The molecular weight excluding hydrogens is 342 g/mol. The van der Waals surface area contributed by atoms with Crippen LogP contribution in [0.2, 0.25) is 0 Å². The van der Waals surface area contributed by atoms with Gasteiger partial charge < -0.3 is 9.67 Å². The SMILES string of the molecule is CC(C)n1c(N=Cc2cc(Br)ccc2O)nc2ccccc21. The van der Waals surface area contributed by atoms with Gasteiger partial charge in [-0.15, -0.1) is 0 Å². The summed E-state index contributed by atoms with van der Waals surface area (Å²) in [5.41, 5.74) is 2.63. The van der Waals surface area contributed by atoms with Crippen molar-refractivity contribution in [3.8, 4) is 5.75 Å². The highest BCUT2D eigenvalue weighted by molar-refractivity contribution is 9.10. The first-order valence-electron chi connectivity index (χ1n) is 7.06. The van der Waals surface area contributed by atoms with Crippen LogP contribution in [0.4, 0.5) is 5.95 Å². The van der Waals surface area contributed by atoms with Gasteiger partial charge >= 0.3 is 0 Å². The molecule has 0 amide bonds. The van der Waals surface area contributed by atoms with Gasteiger partial charge in [-0.25, -0.2) is 9.98 Å². The van der Waals surface area contributed by atoms with Crippen molar-refractivity contribution in [2.75, 3.05) is 0 Å². The Balaban J connectivity index is 2.08. The molecule has 1 N–H and O–H groups in total. The van der Waals surface area contributed by atoms with E-state index in [4.69, 9.17) is 0 Å². The molecule has 4 nitrogen and oxygen atoms in total. The summed E-state index contributed by atoms with van der Waals surface area (Å²) in [5.74, 6) is 0.828. The van der Waals surface area contributed by atoms with Crippen molar-refractivity contribution in [3.05, 3.63) is 52.5 Å². The molecule has 0 atom stereocenters. The van der Waals surface area contributed by atoms with E-state index in [0.29, 0.717) is 11.5 Å². The minimum absolute atomic E-state index is 0.194. The Hall–Kier alpha value is -2.14. The van der Waals surface area contributed by atoms with Crippen LogP contribution in [-0.2, 0) is 0 Å². The molecule has 0 aliphatic heterocycles. The summed E-state index contributed by atoms with van der Waals surface area (Å²) in [6, 6.07) is 13.5. The maximum Gasteiger partial charge on any atom is 0.230 e. The molecule has 112 valence electrons. The number of hydrogen-bond acceptors (Lipinski definition) is 3. The quantitative estimate of drug-likeness (QED) is 0.682. The number of imidazole rings is 1. The monoisotopic (exact) mass is 357 g/mol. The van der Waals surface area contributed by atoms with E-state index in [0.717, 1.165) is 15.5 Å². The van der Waals surface area contributed by atoms with Crippen molar-refractivity contribution >= 4 is 39.1 Å². The second-order valence-corrected chi connectivity index (χ2v) is 6.24. The van der Waals surface area contributed by atoms with Crippen LogP contribution in [0.1, 0.15) is 25.5 Å². The molecule has 0 aliphatic rings. The Bertz CT molecular complexity index is 852. The first-order chi connectivity index (χ1) is 10.6. The molecule has 5 heteroatoms. The minimum atomic E-state index is 0.194. The summed E-state index contributed by atoms with van der Waals surface area (Å²) >= 11 is 3.39. The molecule has 0 radical (unpaired) electrons. The summed E-state index contributed by atoms with van der Waals surface area (Å²) in [4.78, 5) is 9.06. The molecule has 1 heterocycles. The third-order valence-electron chi connectivity index (χ3n) is 3.40. The molecule has 22 heavy (non-hydrogen) atoms. The van der Waals surface area contributed by atoms with E-state index in [1.807, 2.05) is 30.3 Å². The van der Waals surface area contributed by atoms with Crippen LogP contribution in [0.25, 0.3) is 11.0 Å². The lowest BCUT2D eigenvalue weighted by molar-refractivity contribution is 0.474. The van der Waals surface area contributed by atoms with E-state index in [9.17, 15) is 5.11 Å². The van der Waals surface area contributed by atoms with Crippen molar-refractivity contribution < 1.29 is 5.11 Å². The maximum atomic E-state index is 9.89. The third-order valence-corrected chi connectivity index (χ3v) is 3.90. The van der Waals surface area contributed by atoms with E-state index < -0.39 is 0 Å². The van der Waals surface area contributed by atoms with Crippen molar-refractivity contribution in [2.24, 2.45) is 4.99 Å². The van der Waals surface area contributed by atoms with Crippen LogP contribution >= 0.6 is 15.9 Å². The molecule has 0 spiro atoms. The normalized spacial score (nSPS) is 11.8. The van der Waals surface area contributed by atoms with Crippen LogP contribution in [0, 0.1) is 0 Å². The Kier molecular flexibility index (Phi) is 3.98. The number of aromatic nitrogens is 2. The number of phenols is 1. The summed E-state index contributed by atoms with van der Waals surface area (Å²) in [5, 5.41) is 9.89. The highest BCUT2D eigenvalue weighted by atomic mass is 79.9. The summed E-state index contributed by atoms with van der Waals surface area (Å²) in [7, 11) is 0. The maximum absolute atomic E-state index is 9.89. The van der Waals surface area contributed by atoms with E-state index in [1.165, 1.54) is 0 Å². The number of nitrogens with zero attached hydrogens (tertiary/aromatic N) is 3. The Labute approximate surface area is 137 Å². The number of benzene rings is 2. The standard InChI is InChI=1S/C17H16BrN3O/c1-11(2)21-15-6-4-3-5-14(15)20-17(21)19-10-12-9-13(18)7-8-16(12)22/h3-11,22H,1-2H3. The fourth-order valence-corrected chi connectivity index (χ4v) is 2.77. The van der Waals surface area contributed by atoms with Gasteiger partial charge in [-0.1, -0.05) is 28.1 Å². The van der Waals surface area contributed by atoms with E-state index in [2.05, 4.69) is 44.3 Å². The van der Waals surface area contributed by atoms with Gasteiger partial charge in [-0.3, -0.25) is 0 Å². The first-order valence-corrected chi connectivity index (χ1v) is 7.85. The van der Waals surface area contributed by atoms with Gasteiger partial charge in [0.1, 0.15) is 5.75 Å². The lowest BCUT2D eigenvalue weighted by Gasteiger charge is -2.10. The van der Waals surface area contributed by atoms with Gasteiger partial charge in [0.15, 0.2) is 0 Å². The molecule has 3 rings (SSSR count). The molecule has 0 bridgehead atoms. The van der Waals surface area contributed by atoms with E-state index in [1.54, 1.807) is 18.3 Å². The zero-order chi connectivity index (χ0) is 15.7. The average Bonchev–Trinajstić information content (AvgIpc) is 2.86. The number of para-hydroxylation sites is 2. The van der Waals surface area contributed by atoms with Crippen LogP contribution < -0.4 is 0 Å². The number of aromatic hydroxyl groups is 1. The Morgan fingerprint density at radius 3 is 2.77 bits per heavy atom. The number of phenolic OH excluding ortho intramolecular Hbond substituents is 1. The van der Waals surface area contributed by atoms with Crippen molar-refractivity contribution in [3.63, 3.8) is 0 Å². The van der Waals surface area contributed by atoms with Crippen LogP contribution in [-0.4, -0.2) is 20.9 Å².